The lowest BCUT2D eigenvalue weighted by Gasteiger charge is -2.37. The van der Waals surface area contributed by atoms with Crippen LogP contribution in [0.25, 0.3) is 0 Å². The quantitative estimate of drug-likeness (QED) is 0.760. The van der Waals surface area contributed by atoms with Crippen LogP contribution in [0.1, 0.15) is 40.0 Å². The lowest BCUT2D eigenvalue weighted by molar-refractivity contribution is -0.150. The number of ether oxygens (including phenoxy) is 1. The summed E-state index contributed by atoms with van der Waals surface area (Å²) in [5, 5.41) is 2.88. The highest BCUT2D eigenvalue weighted by molar-refractivity contribution is 5.83. The van der Waals surface area contributed by atoms with Crippen molar-refractivity contribution < 1.29 is 14.3 Å². The van der Waals surface area contributed by atoms with Crippen molar-refractivity contribution in [2.45, 2.75) is 58.2 Å². The summed E-state index contributed by atoms with van der Waals surface area (Å²) in [6, 6.07) is -0.463. The van der Waals surface area contributed by atoms with E-state index in [2.05, 4.69) is 5.32 Å². The normalized spacial score (nSPS) is 22.6. The minimum Gasteiger partial charge on any atom is -0.468 e. The van der Waals surface area contributed by atoms with Crippen LogP contribution in [-0.4, -0.2) is 48.6 Å². The van der Waals surface area contributed by atoms with Crippen molar-refractivity contribution >= 4 is 11.9 Å². The van der Waals surface area contributed by atoms with Crippen LogP contribution >= 0.6 is 0 Å². The molecule has 18 heavy (non-hydrogen) atoms. The average Bonchev–Trinajstić information content (AvgIpc) is 2.36. The van der Waals surface area contributed by atoms with Crippen LogP contribution in [0.2, 0.25) is 0 Å². The Balaban J connectivity index is 2.70. The first kappa shape index (κ1) is 15.0. The number of carbonyl (C=O) groups excluding carboxylic acids is 2. The first-order valence-corrected chi connectivity index (χ1v) is 6.61. The molecule has 0 bridgehead atoms. The molecule has 0 aliphatic carbocycles. The molecule has 1 amide bonds. The zero-order valence-electron chi connectivity index (χ0n) is 11.7. The van der Waals surface area contributed by atoms with Crippen molar-refractivity contribution in [2.75, 3.05) is 13.7 Å². The Morgan fingerprint density at radius 2 is 1.94 bits per heavy atom. The topological polar surface area (TPSA) is 58.6 Å². The maximum absolute atomic E-state index is 12.0. The van der Waals surface area contributed by atoms with E-state index >= 15 is 0 Å². The van der Waals surface area contributed by atoms with Crippen molar-refractivity contribution in [1.29, 1.82) is 0 Å². The van der Waals surface area contributed by atoms with Crippen molar-refractivity contribution in [3.05, 3.63) is 0 Å². The fourth-order valence-corrected chi connectivity index (χ4v) is 2.36. The number of rotatable bonds is 4. The molecule has 1 heterocycles. The molecule has 0 radical (unpaired) electrons. The SMILES string of the molecule is COC(=O)C1CCCCN1C(C)C(=O)NC(C)C. The molecule has 1 N–H and O–H groups in total. The third-order valence-corrected chi connectivity index (χ3v) is 3.33. The van der Waals surface area contributed by atoms with Crippen LogP contribution < -0.4 is 5.32 Å². The number of nitrogens with zero attached hydrogens (tertiary/aromatic N) is 1. The Hall–Kier alpha value is -1.10. The average molecular weight is 256 g/mol. The predicted octanol–water partition coefficient (Wildman–Crippen LogP) is 0.927. The molecule has 0 aromatic rings. The van der Waals surface area contributed by atoms with Gasteiger partial charge in [0.05, 0.1) is 13.2 Å². The number of hydrogen-bond acceptors (Lipinski definition) is 4. The number of nitrogens with one attached hydrogen (secondary N) is 1. The van der Waals surface area contributed by atoms with Crippen molar-refractivity contribution in [1.82, 2.24) is 10.2 Å². The van der Waals surface area contributed by atoms with E-state index in [1.165, 1.54) is 7.11 Å². The van der Waals surface area contributed by atoms with Gasteiger partial charge in [0.25, 0.3) is 0 Å². The summed E-state index contributed by atoms with van der Waals surface area (Å²) < 4.78 is 4.82. The summed E-state index contributed by atoms with van der Waals surface area (Å²) in [6.07, 6.45) is 2.80. The summed E-state index contributed by atoms with van der Waals surface area (Å²) in [5.74, 6) is -0.264. The van der Waals surface area contributed by atoms with Gasteiger partial charge in [0.1, 0.15) is 6.04 Å². The van der Waals surface area contributed by atoms with Gasteiger partial charge in [-0.15, -0.1) is 0 Å². The lowest BCUT2D eigenvalue weighted by atomic mass is 10.00. The Bertz CT molecular complexity index is 305. The smallest absolute Gasteiger partial charge is 0.323 e. The summed E-state index contributed by atoms with van der Waals surface area (Å²) in [6.45, 7) is 6.47. The number of hydrogen-bond donors (Lipinski definition) is 1. The Morgan fingerprint density at radius 1 is 1.28 bits per heavy atom. The van der Waals surface area contributed by atoms with E-state index in [1.54, 1.807) is 0 Å². The highest BCUT2D eigenvalue weighted by atomic mass is 16.5. The monoisotopic (exact) mass is 256 g/mol. The zero-order chi connectivity index (χ0) is 13.7. The molecule has 0 aromatic heterocycles. The van der Waals surface area contributed by atoms with Gasteiger partial charge in [-0.05, 0) is 40.2 Å². The molecule has 0 aromatic carbocycles. The molecule has 2 unspecified atom stereocenters. The van der Waals surface area contributed by atoms with E-state index in [0.717, 1.165) is 25.8 Å². The van der Waals surface area contributed by atoms with E-state index in [4.69, 9.17) is 4.74 Å². The number of amides is 1. The molecule has 5 nitrogen and oxygen atoms in total. The maximum atomic E-state index is 12.0. The van der Waals surface area contributed by atoms with Gasteiger partial charge in [-0.2, -0.15) is 0 Å². The molecular weight excluding hydrogens is 232 g/mol. The van der Waals surface area contributed by atoms with Crippen LogP contribution in [0, 0.1) is 0 Å². The molecule has 5 heteroatoms. The van der Waals surface area contributed by atoms with Crippen molar-refractivity contribution in [3.8, 4) is 0 Å². The summed E-state index contributed by atoms with van der Waals surface area (Å²) >= 11 is 0. The standard InChI is InChI=1S/C13H24N2O3/c1-9(2)14-12(16)10(3)15-8-6-5-7-11(15)13(17)18-4/h9-11H,5-8H2,1-4H3,(H,14,16). The molecule has 1 aliphatic heterocycles. The van der Waals surface area contributed by atoms with Gasteiger partial charge in [-0.1, -0.05) is 6.42 Å². The maximum Gasteiger partial charge on any atom is 0.323 e. The number of carbonyl (C=O) groups is 2. The van der Waals surface area contributed by atoms with E-state index in [0.29, 0.717) is 0 Å². The van der Waals surface area contributed by atoms with Crippen molar-refractivity contribution in [3.63, 3.8) is 0 Å². The molecule has 1 saturated heterocycles. The molecule has 0 spiro atoms. The Morgan fingerprint density at radius 3 is 2.50 bits per heavy atom. The first-order chi connectivity index (χ1) is 8.47. The van der Waals surface area contributed by atoms with Crippen LogP contribution in [-0.2, 0) is 14.3 Å². The van der Waals surface area contributed by atoms with E-state index in [-0.39, 0.29) is 30.0 Å². The van der Waals surface area contributed by atoms with Crippen LogP contribution in [0.3, 0.4) is 0 Å². The van der Waals surface area contributed by atoms with Gasteiger partial charge < -0.3 is 10.1 Å². The molecular formula is C13H24N2O3. The molecule has 1 rings (SSSR count). The summed E-state index contributed by atoms with van der Waals surface area (Å²) in [5.41, 5.74) is 0. The third kappa shape index (κ3) is 3.70. The Kier molecular flexibility index (Phi) is 5.59. The van der Waals surface area contributed by atoms with Gasteiger partial charge >= 0.3 is 5.97 Å². The van der Waals surface area contributed by atoms with Crippen molar-refractivity contribution in [2.24, 2.45) is 0 Å². The number of methoxy groups -OCH3 is 1. The molecule has 1 aliphatic rings. The van der Waals surface area contributed by atoms with E-state index in [1.807, 2.05) is 25.7 Å². The molecule has 2 atom stereocenters. The fraction of sp³-hybridized carbons (Fsp3) is 0.846. The largest absolute Gasteiger partial charge is 0.468 e. The highest BCUT2D eigenvalue weighted by Gasteiger charge is 2.35. The second-order valence-corrected chi connectivity index (χ2v) is 5.11. The summed E-state index contributed by atoms with van der Waals surface area (Å²) in [4.78, 5) is 25.7. The number of likely N-dealkylation sites (tertiary alicyclic amines) is 1. The van der Waals surface area contributed by atoms with Gasteiger partial charge in [-0.25, -0.2) is 0 Å². The predicted molar refractivity (Wildman–Crippen MR) is 69.1 cm³/mol. The zero-order valence-corrected chi connectivity index (χ0v) is 11.7. The molecule has 1 fully saturated rings. The number of piperidine rings is 1. The summed E-state index contributed by atoms with van der Waals surface area (Å²) in [7, 11) is 1.40. The lowest BCUT2D eigenvalue weighted by Crippen LogP contribution is -2.55. The molecule has 0 saturated carbocycles. The second kappa shape index (κ2) is 6.73. The van der Waals surface area contributed by atoms with Gasteiger partial charge in [0, 0.05) is 6.04 Å². The van der Waals surface area contributed by atoms with Crippen LogP contribution in [0.4, 0.5) is 0 Å². The van der Waals surface area contributed by atoms with E-state index in [9.17, 15) is 9.59 Å². The third-order valence-electron chi connectivity index (χ3n) is 3.33. The minimum absolute atomic E-state index is 0.0270. The first-order valence-electron chi connectivity index (χ1n) is 6.61. The minimum atomic E-state index is -0.295. The van der Waals surface area contributed by atoms with Gasteiger partial charge in [-0.3, -0.25) is 14.5 Å². The number of esters is 1. The van der Waals surface area contributed by atoms with Crippen LogP contribution in [0.5, 0.6) is 0 Å². The second-order valence-electron chi connectivity index (χ2n) is 5.11. The molecule has 104 valence electrons. The fourth-order valence-electron chi connectivity index (χ4n) is 2.36. The van der Waals surface area contributed by atoms with Gasteiger partial charge in [0.15, 0.2) is 0 Å². The van der Waals surface area contributed by atoms with Gasteiger partial charge in [0.2, 0.25) is 5.91 Å². The Labute approximate surface area is 109 Å². The van der Waals surface area contributed by atoms with E-state index < -0.39 is 0 Å². The van der Waals surface area contributed by atoms with Crippen LogP contribution in [0.15, 0.2) is 0 Å². The highest BCUT2D eigenvalue weighted by Crippen LogP contribution is 2.20.